The van der Waals surface area contributed by atoms with Gasteiger partial charge in [-0.15, -0.1) is 0 Å². The standard InChI is InChI=1S/C16H18N4O/c17-9-16(21)19-15-6-5-14(10-18-15)20-8-7-12-3-1-2-4-13(12)11-20/h1-6,10H,7-9,11,17H2,(H,18,19,21). The normalized spacial score (nSPS) is 13.7. The minimum Gasteiger partial charge on any atom is -0.366 e. The number of anilines is 2. The first-order valence-corrected chi connectivity index (χ1v) is 7.04. The number of nitrogens with two attached hydrogens (primary N) is 1. The van der Waals surface area contributed by atoms with E-state index in [2.05, 4.69) is 39.5 Å². The van der Waals surface area contributed by atoms with Gasteiger partial charge in [-0.3, -0.25) is 4.79 Å². The molecule has 1 aliphatic rings. The van der Waals surface area contributed by atoms with E-state index in [9.17, 15) is 4.79 Å². The van der Waals surface area contributed by atoms with Crippen molar-refractivity contribution in [2.45, 2.75) is 13.0 Å². The fraction of sp³-hybridized carbons (Fsp3) is 0.250. The Morgan fingerprint density at radius 1 is 1.24 bits per heavy atom. The molecule has 5 nitrogen and oxygen atoms in total. The third-order valence-corrected chi connectivity index (χ3v) is 3.70. The molecule has 1 amide bonds. The average Bonchev–Trinajstić information content (AvgIpc) is 2.55. The van der Waals surface area contributed by atoms with Gasteiger partial charge in [-0.25, -0.2) is 4.98 Å². The largest absolute Gasteiger partial charge is 0.366 e. The molecule has 108 valence electrons. The molecule has 3 N–H and O–H groups in total. The molecule has 2 aromatic rings. The highest BCUT2D eigenvalue weighted by Crippen LogP contribution is 2.24. The van der Waals surface area contributed by atoms with Gasteiger partial charge in [0.05, 0.1) is 18.4 Å². The zero-order valence-electron chi connectivity index (χ0n) is 11.7. The second-order valence-electron chi connectivity index (χ2n) is 5.09. The Kier molecular flexibility index (Phi) is 3.83. The van der Waals surface area contributed by atoms with Crippen molar-refractivity contribution in [3.05, 3.63) is 53.7 Å². The molecule has 0 spiro atoms. The van der Waals surface area contributed by atoms with Gasteiger partial charge in [0.25, 0.3) is 0 Å². The lowest BCUT2D eigenvalue weighted by molar-refractivity contribution is -0.114. The molecular formula is C16H18N4O. The lowest BCUT2D eigenvalue weighted by atomic mass is 10.00. The first-order chi connectivity index (χ1) is 10.3. The van der Waals surface area contributed by atoms with E-state index in [1.54, 1.807) is 6.20 Å². The van der Waals surface area contributed by atoms with E-state index in [0.717, 1.165) is 25.2 Å². The van der Waals surface area contributed by atoms with Crippen molar-refractivity contribution < 1.29 is 4.79 Å². The Balaban J connectivity index is 1.72. The molecule has 3 rings (SSSR count). The van der Waals surface area contributed by atoms with Crippen LogP contribution in [0.3, 0.4) is 0 Å². The van der Waals surface area contributed by atoms with Crippen molar-refractivity contribution in [2.24, 2.45) is 5.73 Å². The van der Waals surface area contributed by atoms with Crippen LogP contribution < -0.4 is 16.0 Å². The summed E-state index contributed by atoms with van der Waals surface area (Å²) in [4.78, 5) is 17.8. The van der Waals surface area contributed by atoms with Gasteiger partial charge in [-0.2, -0.15) is 0 Å². The number of hydrogen-bond donors (Lipinski definition) is 2. The lowest BCUT2D eigenvalue weighted by Crippen LogP contribution is -2.30. The third kappa shape index (κ3) is 3.03. The summed E-state index contributed by atoms with van der Waals surface area (Å²) in [7, 11) is 0. The van der Waals surface area contributed by atoms with Crippen LogP contribution in [0.15, 0.2) is 42.6 Å². The van der Waals surface area contributed by atoms with E-state index in [1.807, 2.05) is 12.1 Å². The predicted molar refractivity (Wildman–Crippen MR) is 83.1 cm³/mol. The van der Waals surface area contributed by atoms with E-state index in [1.165, 1.54) is 11.1 Å². The van der Waals surface area contributed by atoms with Gasteiger partial charge in [-0.1, -0.05) is 24.3 Å². The summed E-state index contributed by atoms with van der Waals surface area (Å²) in [5.74, 6) is 0.300. The molecule has 5 heteroatoms. The van der Waals surface area contributed by atoms with E-state index in [0.29, 0.717) is 5.82 Å². The molecule has 0 atom stereocenters. The fourth-order valence-electron chi connectivity index (χ4n) is 2.56. The molecule has 21 heavy (non-hydrogen) atoms. The summed E-state index contributed by atoms with van der Waals surface area (Å²) >= 11 is 0. The van der Waals surface area contributed by atoms with Crippen LogP contribution in [0.25, 0.3) is 0 Å². The van der Waals surface area contributed by atoms with Crippen LogP contribution in [-0.2, 0) is 17.8 Å². The van der Waals surface area contributed by atoms with E-state index in [4.69, 9.17) is 5.73 Å². The molecule has 0 unspecified atom stereocenters. The zero-order valence-corrected chi connectivity index (χ0v) is 11.7. The number of carbonyl (C=O) groups is 1. The summed E-state index contributed by atoms with van der Waals surface area (Å²) in [5, 5.41) is 2.64. The molecule has 1 aromatic carbocycles. The molecular weight excluding hydrogens is 264 g/mol. The van der Waals surface area contributed by atoms with Gasteiger partial charge in [0.15, 0.2) is 0 Å². The molecule has 1 aliphatic heterocycles. The van der Waals surface area contributed by atoms with Crippen molar-refractivity contribution in [3.8, 4) is 0 Å². The van der Waals surface area contributed by atoms with E-state index >= 15 is 0 Å². The van der Waals surface area contributed by atoms with Gasteiger partial charge in [0, 0.05) is 13.1 Å². The number of amides is 1. The SMILES string of the molecule is NCC(=O)Nc1ccc(N2CCc3ccccc3C2)cn1. The molecule has 0 fully saturated rings. The second-order valence-corrected chi connectivity index (χ2v) is 5.09. The van der Waals surface area contributed by atoms with Gasteiger partial charge in [0.2, 0.25) is 5.91 Å². The van der Waals surface area contributed by atoms with Crippen molar-refractivity contribution >= 4 is 17.4 Å². The summed E-state index contributed by atoms with van der Waals surface area (Å²) in [5.41, 5.74) is 9.12. The first kappa shape index (κ1) is 13.6. The number of hydrogen-bond acceptors (Lipinski definition) is 4. The van der Waals surface area contributed by atoms with Crippen molar-refractivity contribution in [1.82, 2.24) is 4.98 Å². The minimum atomic E-state index is -0.234. The highest BCUT2D eigenvalue weighted by Gasteiger charge is 2.16. The number of nitrogens with one attached hydrogen (secondary N) is 1. The van der Waals surface area contributed by atoms with Crippen molar-refractivity contribution in [1.29, 1.82) is 0 Å². The maximum Gasteiger partial charge on any atom is 0.239 e. The summed E-state index contributed by atoms with van der Waals surface area (Å²) < 4.78 is 0. The maximum absolute atomic E-state index is 11.2. The maximum atomic E-state index is 11.2. The lowest BCUT2D eigenvalue weighted by Gasteiger charge is -2.30. The molecule has 1 aromatic heterocycles. The van der Waals surface area contributed by atoms with Crippen LogP contribution in [0, 0.1) is 0 Å². The van der Waals surface area contributed by atoms with Crippen LogP contribution >= 0.6 is 0 Å². The Bertz CT molecular complexity index is 639. The zero-order chi connectivity index (χ0) is 14.7. The van der Waals surface area contributed by atoms with Crippen LogP contribution in [-0.4, -0.2) is 24.0 Å². The third-order valence-electron chi connectivity index (χ3n) is 3.70. The van der Waals surface area contributed by atoms with Crippen molar-refractivity contribution in [2.75, 3.05) is 23.3 Å². The number of benzene rings is 1. The summed E-state index contributed by atoms with van der Waals surface area (Å²) in [6, 6.07) is 12.3. The predicted octanol–water partition coefficient (Wildman–Crippen LogP) is 1.54. The fourth-order valence-corrected chi connectivity index (χ4v) is 2.56. The Morgan fingerprint density at radius 3 is 2.76 bits per heavy atom. The van der Waals surface area contributed by atoms with Gasteiger partial charge < -0.3 is 16.0 Å². The van der Waals surface area contributed by atoms with E-state index < -0.39 is 0 Å². The van der Waals surface area contributed by atoms with Crippen LogP contribution in [0.4, 0.5) is 11.5 Å². The van der Waals surface area contributed by atoms with Crippen LogP contribution in [0.1, 0.15) is 11.1 Å². The highest BCUT2D eigenvalue weighted by molar-refractivity contribution is 5.91. The molecule has 0 saturated carbocycles. The first-order valence-electron chi connectivity index (χ1n) is 7.04. The molecule has 0 radical (unpaired) electrons. The van der Waals surface area contributed by atoms with Gasteiger partial charge in [0.1, 0.15) is 5.82 Å². The molecule has 0 bridgehead atoms. The quantitative estimate of drug-likeness (QED) is 0.896. The number of aromatic nitrogens is 1. The highest BCUT2D eigenvalue weighted by atomic mass is 16.1. The van der Waals surface area contributed by atoms with Crippen LogP contribution in [0.5, 0.6) is 0 Å². The van der Waals surface area contributed by atoms with E-state index in [-0.39, 0.29) is 12.5 Å². The number of nitrogens with zero attached hydrogens (tertiary/aromatic N) is 2. The monoisotopic (exact) mass is 282 g/mol. The van der Waals surface area contributed by atoms with Crippen LogP contribution in [0.2, 0.25) is 0 Å². The topological polar surface area (TPSA) is 71.2 Å². The van der Waals surface area contributed by atoms with Gasteiger partial charge in [-0.05, 0) is 29.7 Å². The summed E-state index contributed by atoms with van der Waals surface area (Å²) in [6.45, 7) is 1.84. The summed E-state index contributed by atoms with van der Waals surface area (Å²) in [6.07, 6.45) is 2.84. The number of fused-ring (bicyclic) bond motifs is 1. The average molecular weight is 282 g/mol. The number of pyridine rings is 1. The molecule has 0 saturated heterocycles. The Morgan fingerprint density at radius 2 is 2.05 bits per heavy atom. The number of carbonyl (C=O) groups excluding carboxylic acids is 1. The molecule has 2 heterocycles. The minimum absolute atomic E-state index is 0.0354. The number of rotatable bonds is 3. The van der Waals surface area contributed by atoms with Crippen molar-refractivity contribution in [3.63, 3.8) is 0 Å². The second kappa shape index (κ2) is 5.93. The van der Waals surface area contributed by atoms with Gasteiger partial charge >= 0.3 is 0 Å². The molecule has 0 aliphatic carbocycles. The smallest absolute Gasteiger partial charge is 0.239 e. The Labute approximate surface area is 123 Å². The Hall–Kier alpha value is -2.40.